The first-order valence-electron chi connectivity index (χ1n) is 5.42. The van der Waals surface area contributed by atoms with Crippen LogP contribution in [-0.2, 0) is 5.41 Å². The Morgan fingerprint density at radius 3 is 2.06 bits per heavy atom. The van der Waals surface area contributed by atoms with E-state index in [0.717, 1.165) is 5.56 Å². The van der Waals surface area contributed by atoms with E-state index in [9.17, 15) is 0 Å². The van der Waals surface area contributed by atoms with Crippen LogP contribution in [0.3, 0.4) is 0 Å². The number of benzene rings is 1. The van der Waals surface area contributed by atoms with Gasteiger partial charge in [-0.1, -0.05) is 45.0 Å². The van der Waals surface area contributed by atoms with E-state index in [-0.39, 0.29) is 30.5 Å². The lowest BCUT2D eigenvalue weighted by Crippen LogP contribution is -2.14. The first-order chi connectivity index (χ1) is 6.95. The van der Waals surface area contributed by atoms with E-state index in [1.54, 1.807) is 0 Å². The molecule has 0 saturated heterocycles. The first kappa shape index (κ1) is 15.4. The molecule has 2 nitrogen and oxygen atoms in total. The third-order valence-corrected chi connectivity index (χ3v) is 2.64. The monoisotopic (exact) mass is 243 g/mol. The average Bonchev–Trinajstić information content (AvgIpc) is 2.17. The first-order valence-corrected chi connectivity index (χ1v) is 5.42. The molecular formula is C13H22ClNO. The highest BCUT2D eigenvalue weighted by Crippen LogP contribution is 2.23. The van der Waals surface area contributed by atoms with Crippen molar-refractivity contribution in [3.8, 4) is 0 Å². The molecule has 0 amide bonds. The molecule has 0 saturated carbocycles. The van der Waals surface area contributed by atoms with Crippen molar-refractivity contribution in [1.82, 2.24) is 0 Å². The Balaban J connectivity index is 0.00000225. The maximum absolute atomic E-state index is 8.80. The van der Waals surface area contributed by atoms with Crippen molar-refractivity contribution in [2.24, 2.45) is 5.73 Å². The molecule has 1 aromatic rings. The molecule has 1 aromatic carbocycles. The van der Waals surface area contributed by atoms with E-state index in [1.807, 2.05) is 0 Å². The minimum Gasteiger partial charge on any atom is -0.396 e. The number of hydrogen-bond donors (Lipinski definition) is 2. The van der Waals surface area contributed by atoms with E-state index in [1.165, 1.54) is 5.56 Å². The summed E-state index contributed by atoms with van der Waals surface area (Å²) >= 11 is 0. The molecular weight excluding hydrogens is 222 g/mol. The van der Waals surface area contributed by atoms with E-state index in [2.05, 4.69) is 45.0 Å². The minimum atomic E-state index is -0.0518. The zero-order valence-corrected chi connectivity index (χ0v) is 11.1. The van der Waals surface area contributed by atoms with Crippen molar-refractivity contribution >= 4 is 12.4 Å². The van der Waals surface area contributed by atoms with Gasteiger partial charge in [-0.25, -0.2) is 0 Å². The highest BCUT2D eigenvalue weighted by atomic mass is 35.5. The lowest BCUT2D eigenvalue weighted by Gasteiger charge is -2.20. The van der Waals surface area contributed by atoms with Gasteiger partial charge in [-0.3, -0.25) is 0 Å². The summed E-state index contributed by atoms with van der Waals surface area (Å²) < 4.78 is 0. The Labute approximate surface area is 104 Å². The Bertz CT molecular complexity index is 303. The molecule has 1 atom stereocenters. The Hall–Kier alpha value is -0.570. The molecule has 3 heteroatoms. The van der Waals surface area contributed by atoms with Crippen molar-refractivity contribution in [2.75, 3.05) is 6.61 Å². The van der Waals surface area contributed by atoms with E-state index in [4.69, 9.17) is 10.8 Å². The van der Waals surface area contributed by atoms with Crippen LogP contribution in [0, 0.1) is 0 Å². The number of rotatable bonds is 3. The number of halogens is 1. The summed E-state index contributed by atoms with van der Waals surface area (Å²) in [5, 5.41) is 8.80. The van der Waals surface area contributed by atoms with Crippen LogP contribution in [0.2, 0.25) is 0 Å². The van der Waals surface area contributed by atoms with Crippen LogP contribution in [0.4, 0.5) is 0 Å². The molecule has 92 valence electrons. The number of nitrogens with two attached hydrogens (primary N) is 1. The summed E-state index contributed by atoms with van der Waals surface area (Å²) in [4.78, 5) is 0. The quantitative estimate of drug-likeness (QED) is 0.858. The number of aliphatic hydroxyl groups is 1. The summed E-state index contributed by atoms with van der Waals surface area (Å²) in [6, 6.07) is 8.30. The van der Waals surface area contributed by atoms with Gasteiger partial charge < -0.3 is 10.8 Å². The van der Waals surface area contributed by atoms with Gasteiger partial charge in [0.1, 0.15) is 0 Å². The topological polar surface area (TPSA) is 46.2 Å². The zero-order valence-electron chi connectivity index (χ0n) is 10.2. The van der Waals surface area contributed by atoms with Gasteiger partial charge >= 0.3 is 0 Å². The van der Waals surface area contributed by atoms with Gasteiger partial charge in [-0.2, -0.15) is 0 Å². The molecule has 0 heterocycles. The smallest absolute Gasteiger partial charge is 0.0449 e. The van der Waals surface area contributed by atoms with E-state index < -0.39 is 0 Å². The highest BCUT2D eigenvalue weighted by Gasteiger charge is 2.13. The van der Waals surface area contributed by atoms with E-state index in [0.29, 0.717) is 6.42 Å². The lowest BCUT2D eigenvalue weighted by molar-refractivity contribution is 0.276. The predicted molar refractivity (Wildman–Crippen MR) is 71.0 cm³/mol. The van der Waals surface area contributed by atoms with Crippen LogP contribution in [0.1, 0.15) is 44.4 Å². The summed E-state index contributed by atoms with van der Waals surface area (Å²) in [5.74, 6) is 0. The second-order valence-corrected chi connectivity index (χ2v) is 4.99. The van der Waals surface area contributed by atoms with Crippen molar-refractivity contribution < 1.29 is 5.11 Å². The van der Waals surface area contributed by atoms with Crippen molar-refractivity contribution in [3.63, 3.8) is 0 Å². The zero-order chi connectivity index (χ0) is 11.5. The van der Waals surface area contributed by atoms with Gasteiger partial charge in [0.25, 0.3) is 0 Å². The van der Waals surface area contributed by atoms with Gasteiger partial charge in [0, 0.05) is 12.6 Å². The summed E-state index contributed by atoms with van der Waals surface area (Å²) in [6.45, 7) is 6.71. The largest absolute Gasteiger partial charge is 0.396 e. The van der Waals surface area contributed by atoms with Crippen molar-refractivity contribution in [2.45, 2.75) is 38.6 Å². The van der Waals surface area contributed by atoms with Crippen LogP contribution in [-0.4, -0.2) is 11.7 Å². The molecule has 0 aromatic heterocycles. The van der Waals surface area contributed by atoms with Gasteiger partial charge in [0.2, 0.25) is 0 Å². The fourth-order valence-electron chi connectivity index (χ4n) is 1.54. The lowest BCUT2D eigenvalue weighted by atomic mass is 9.86. The fraction of sp³-hybridized carbons (Fsp3) is 0.538. The van der Waals surface area contributed by atoms with Gasteiger partial charge in [0.05, 0.1) is 0 Å². The molecule has 0 spiro atoms. The summed E-state index contributed by atoms with van der Waals surface area (Å²) in [7, 11) is 0. The number of hydrogen-bond acceptors (Lipinski definition) is 2. The maximum atomic E-state index is 8.80. The molecule has 1 rings (SSSR count). The SMILES string of the molecule is CC(C)(C)c1ccc([C@@H](N)CCO)cc1.Cl. The summed E-state index contributed by atoms with van der Waals surface area (Å²) in [6.07, 6.45) is 0.620. The molecule has 0 aliphatic heterocycles. The fourth-order valence-corrected chi connectivity index (χ4v) is 1.54. The highest BCUT2D eigenvalue weighted by molar-refractivity contribution is 5.85. The second kappa shape index (κ2) is 6.24. The Kier molecular flexibility index (Phi) is 6.01. The van der Waals surface area contributed by atoms with Crippen LogP contribution >= 0.6 is 12.4 Å². The van der Waals surface area contributed by atoms with Crippen molar-refractivity contribution in [3.05, 3.63) is 35.4 Å². The third kappa shape index (κ3) is 4.12. The molecule has 16 heavy (non-hydrogen) atoms. The predicted octanol–water partition coefficient (Wildman–Crippen LogP) is 2.79. The Morgan fingerprint density at radius 1 is 1.19 bits per heavy atom. The molecule has 0 unspecified atom stereocenters. The van der Waals surface area contributed by atoms with Crippen LogP contribution < -0.4 is 5.73 Å². The molecule has 0 bridgehead atoms. The molecule has 0 aliphatic rings. The Morgan fingerprint density at radius 2 is 1.69 bits per heavy atom. The molecule has 3 N–H and O–H groups in total. The molecule has 0 radical (unpaired) electrons. The van der Waals surface area contributed by atoms with Gasteiger partial charge in [-0.15, -0.1) is 12.4 Å². The maximum Gasteiger partial charge on any atom is 0.0449 e. The van der Waals surface area contributed by atoms with E-state index >= 15 is 0 Å². The standard InChI is InChI=1S/C13H21NO.ClH/c1-13(2,3)11-6-4-10(5-7-11)12(14)8-9-15;/h4-7,12,15H,8-9,14H2,1-3H3;1H/t12-;/m0./s1. The van der Waals surface area contributed by atoms with Crippen molar-refractivity contribution in [1.29, 1.82) is 0 Å². The van der Waals surface area contributed by atoms with Gasteiger partial charge in [-0.05, 0) is 23.0 Å². The molecule has 0 fully saturated rings. The van der Waals surface area contributed by atoms with Crippen LogP contribution in [0.5, 0.6) is 0 Å². The van der Waals surface area contributed by atoms with Crippen LogP contribution in [0.25, 0.3) is 0 Å². The van der Waals surface area contributed by atoms with Gasteiger partial charge in [0.15, 0.2) is 0 Å². The summed E-state index contributed by atoms with van der Waals surface area (Å²) in [5.41, 5.74) is 8.49. The molecule has 0 aliphatic carbocycles. The second-order valence-electron chi connectivity index (χ2n) is 4.99. The minimum absolute atomic E-state index is 0. The normalized spacial score (nSPS) is 13.1. The van der Waals surface area contributed by atoms with Crippen LogP contribution in [0.15, 0.2) is 24.3 Å². The number of aliphatic hydroxyl groups excluding tert-OH is 1. The average molecular weight is 244 g/mol. The third-order valence-electron chi connectivity index (χ3n) is 2.64.